The lowest BCUT2D eigenvalue weighted by Crippen LogP contribution is -2.39. The third-order valence-corrected chi connectivity index (χ3v) is 3.81. The van der Waals surface area contributed by atoms with Crippen LogP contribution in [-0.4, -0.2) is 31.2 Å². The Bertz CT molecular complexity index is 311. The van der Waals surface area contributed by atoms with Gasteiger partial charge >= 0.3 is 10.2 Å². The van der Waals surface area contributed by atoms with E-state index in [1.165, 1.54) is 4.31 Å². The number of hydrogen-bond donors (Lipinski definition) is 1. The van der Waals surface area contributed by atoms with Gasteiger partial charge in [-0.05, 0) is 12.8 Å². The van der Waals surface area contributed by atoms with Crippen LogP contribution in [0.4, 0.5) is 0 Å². The molecule has 1 atom stereocenters. The predicted octanol–water partition coefficient (Wildman–Crippen LogP) is -0.784. The maximum Gasteiger partial charge on any atom is 0.304 e. The molecule has 6 heteroatoms. The summed E-state index contributed by atoms with van der Waals surface area (Å²) in [6, 6.07) is -0.427. The number of rotatable bonds is 0. The van der Waals surface area contributed by atoms with Gasteiger partial charge in [0.1, 0.15) is 6.04 Å². The van der Waals surface area contributed by atoms with Crippen LogP contribution in [0.3, 0.4) is 0 Å². The molecule has 0 spiro atoms. The highest BCUT2D eigenvalue weighted by Crippen LogP contribution is 2.24. The standard InChI is InChI=1S/C6H10N2O3S/c9-6-5-3-1-2-4-8(5)12(10,11)7-6/h5H,1-4H2,(H,7,9). The van der Waals surface area contributed by atoms with Gasteiger partial charge in [-0.3, -0.25) is 4.79 Å². The van der Waals surface area contributed by atoms with E-state index in [2.05, 4.69) is 0 Å². The summed E-state index contributed by atoms with van der Waals surface area (Å²) in [5.41, 5.74) is 0. The van der Waals surface area contributed by atoms with Gasteiger partial charge in [0.05, 0.1) is 0 Å². The predicted molar refractivity (Wildman–Crippen MR) is 41.4 cm³/mol. The molecule has 1 amide bonds. The fourth-order valence-corrected chi connectivity index (χ4v) is 3.12. The topological polar surface area (TPSA) is 66.5 Å². The fraction of sp³-hybridized carbons (Fsp3) is 0.833. The molecular weight excluding hydrogens is 180 g/mol. The quantitative estimate of drug-likeness (QED) is 0.544. The highest BCUT2D eigenvalue weighted by Gasteiger charge is 2.44. The van der Waals surface area contributed by atoms with Crippen molar-refractivity contribution in [2.24, 2.45) is 0 Å². The van der Waals surface area contributed by atoms with Gasteiger partial charge in [-0.25, -0.2) is 4.72 Å². The van der Waals surface area contributed by atoms with Crippen LogP contribution in [0.2, 0.25) is 0 Å². The van der Waals surface area contributed by atoms with E-state index in [0.29, 0.717) is 13.0 Å². The molecule has 2 saturated heterocycles. The normalized spacial score (nSPS) is 34.3. The van der Waals surface area contributed by atoms with Crippen molar-refractivity contribution in [3.05, 3.63) is 0 Å². The molecule has 1 unspecified atom stereocenters. The average molecular weight is 190 g/mol. The van der Waals surface area contributed by atoms with Gasteiger partial charge in [0.2, 0.25) is 0 Å². The Labute approximate surface area is 70.9 Å². The van der Waals surface area contributed by atoms with Crippen molar-refractivity contribution in [1.29, 1.82) is 0 Å². The number of amides is 1. The van der Waals surface area contributed by atoms with Crippen molar-refractivity contribution in [2.75, 3.05) is 6.54 Å². The van der Waals surface area contributed by atoms with Crippen LogP contribution < -0.4 is 4.72 Å². The molecule has 0 aromatic carbocycles. The van der Waals surface area contributed by atoms with Crippen molar-refractivity contribution in [2.45, 2.75) is 25.3 Å². The fourth-order valence-electron chi connectivity index (χ4n) is 1.71. The average Bonchev–Trinajstić information content (AvgIpc) is 2.25. The monoisotopic (exact) mass is 190 g/mol. The Balaban J connectivity index is 2.34. The molecule has 12 heavy (non-hydrogen) atoms. The Morgan fingerprint density at radius 3 is 2.83 bits per heavy atom. The van der Waals surface area contributed by atoms with Gasteiger partial charge in [0.25, 0.3) is 5.91 Å². The third-order valence-electron chi connectivity index (χ3n) is 2.29. The number of hydrogen-bond acceptors (Lipinski definition) is 3. The zero-order chi connectivity index (χ0) is 8.77. The molecule has 0 aromatic rings. The van der Waals surface area contributed by atoms with Gasteiger partial charge in [-0.15, -0.1) is 0 Å². The van der Waals surface area contributed by atoms with Crippen molar-refractivity contribution in [1.82, 2.24) is 9.03 Å². The summed E-state index contributed by atoms with van der Waals surface area (Å²) < 4.78 is 25.7. The van der Waals surface area contributed by atoms with E-state index in [4.69, 9.17) is 0 Å². The summed E-state index contributed by atoms with van der Waals surface area (Å²) in [6.07, 6.45) is 2.44. The second-order valence-electron chi connectivity index (χ2n) is 3.09. The molecule has 0 aromatic heterocycles. The molecule has 0 saturated carbocycles. The molecule has 1 N–H and O–H groups in total. The minimum atomic E-state index is -3.46. The molecule has 2 fully saturated rings. The molecule has 2 rings (SSSR count). The lowest BCUT2D eigenvalue weighted by atomic mass is 10.1. The number of nitrogens with one attached hydrogen (secondary N) is 1. The summed E-state index contributed by atoms with van der Waals surface area (Å²) in [5.74, 6) is -0.366. The van der Waals surface area contributed by atoms with Crippen molar-refractivity contribution in [3.8, 4) is 0 Å². The smallest absolute Gasteiger partial charge is 0.272 e. The highest BCUT2D eigenvalue weighted by atomic mass is 32.2. The molecule has 0 bridgehead atoms. The molecule has 5 nitrogen and oxygen atoms in total. The second kappa shape index (κ2) is 2.43. The van der Waals surface area contributed by atoms with Gasteiger partial charge < -0.3 is 0 Å². The summed E-state index contributed by atoms with van der Waals surface area (Å²) in [6.45, 7) is 0.478. The summed E-state index contributed by atoms with van der Waals surface area (Å²) in [4.78, 5) is 11.1. The van der Waals surface area contributed by atoms with Gasteiger partial charge in [-0.1, -0.05) is 6.42 Å². The lowest BCUT2D eigenvalue weighted by molar-refractivity contribution is -0.122. The highest BCUT2D eigenvalue weighted by molar-refractivity contribution is 7.88. The maximum absolute atomic E-state index is 11.2. The SMILES string of the molecule is O=C1NS(=O)(=O)N2CCCCC12. The van der Waals surface area contributed by atoms with E-state index in [1.54, 1.807) is 0 Å². The zero-order valence-corrected chi connectivity index (χ0v) is 7.30. The third kappa shape index (κ3) is 1.02. The summed E-state index contributed by atoms with van der Waals surface area (Å²) >= 11 is 0. The minimum Gasteiger partial charge on any atom is -0.272 e. The maximum atomic E-state index is 11.2. The molecule has 0 radical (unpaired) electrons. The molecule has 2 aliphatic rings. The Kier molecular flexibility index (Phi) is 1.62. The van der Waals surface area contributed by atoms with Gasteiger partial charge in [0, 0.05) is 6.54 Å². The van der Waals surface area contributed by atoms with E-state index in [-0.39, 0.29) is 5.91 Å². The van der Waals surface area contributed by atoms with Crippen LogP contribution in [0, 0.1) is 0 Å². The Morgan fingerprint density at radius 1 is 1.42 bits per heavy atom. The number of carbonyl (C=O) groups excluding carboxylic acids is 1. The summed E-state index contributed by atoms with van der Waals surface area (Å²) in [5, 5.41) is 0. The van der Waals surface area contributed by atoms with Crippen LogP contribution in [0.15, 0.2) is 0 Å². The van der Waals surface area contributed by atoms with Crippen LogP contribution in [0.25, 0.3) is 0 Å². The van der Waals surface area contributed by atoms with E-state index < -0.39 is 16.3 Å². The Hall–Kier alpha value is -0.620. The van der Waals surface area contributed by atoms with E-state index in [1.807, 2.05) is 4.72 Å². The first kappa shape index (κ1) is 8.00. The van der Waals surface area contributed by atoms with Crippen molar-refractivity contribution in [3.63, 3.8) is 0 Å². The summed E-state index contributed by atoms with van der Waals surface area (Å²) in [7, 11) is -3.46. The molecule has 68 valence electrons. The number of nitrogens with zero attached hydrogens (tertiary/aromatic N) is 1. The van der Waals surface area contributed by atoms with Crippen molar-refractivity contribution >= 4 is 16.1 Å². The number of fused-ring (bicyclic) bond motifs is 1. The minimum absolute atomic E-state index is 0.366. The van der Waals surface area contributed by atoms with Crippen LogP contribution in [0.5, 0.6) is 0 Å². The first-order valence-electron chi connectivity index (χ1n) is 3.95. The molecular formula is C6H10N2O3S. The van der Waals surface area contributed by atoms with E-state index in [0.717, 1.165) is 12.8 Å². The second-order valence-corrected chi connectivity index (χ2v) is 4.72. The molecule has 2 aliphatic heterocycles. The zero-order valence-electron chi connectivity index (χ0n) is 6.49. The molecule has 0 aliphatic carbocycles. The molecule has 2 heterocycles. The number of piperidine rings is 1. The Morgan fingerprint density at radius 2 is 2.17 bits per heavy atom. The first-order valence-corrected chi connectivity index (χ1v) is 5.39. The van der Waals surface area contributed by atoms with Gasteiger partial charge in [-0.2, -0.15) is 12.7 Å². The largest absolute Gasteiger partial charge is 0.304 e. The number of carbonyl (C=O) groups is 1. The lowest BCUT2D eigenvalue weighted by Gasteiger charge is -2.23. The first-order chi connectivity index (χ1) is 5.61. The van der Waals surface area contributed by atoms with Crippen molar-refractivity contribution < 1.29 is 13.2 Å². The van der Waals surface area contributed by atoms with Crippen LogP contribution >= 0.6 is 0 Å². The van der Waals surface area contributed by atoms with E-state index >= 15 is 0 Å². The van der Waals surface area contributed by atoms with Gasteiger partial charge in [0.15, 0.2) is 0 Å². The van der Waals surface area contributed by atoms with Crippen LogP contribution in [0.1, 0.15) is 19.3 Å². The van der Waals surface area contributed by atoms with Crippen LogP contribution in [-0.2, 0) is 15.0 Å². The van der Waals surface area contributed by atoms with E-state index in [9.17, 15) is 13.2 Å².